The highest BCUT2D eigenvalue weighted by Gasteiger charge is 2.52. The van der Waals surface area contributed by atoms with Gasteiger partial charge in [-0.05, 0) is 49.8 Å². The molecule has 31 heavy (non-hydrogen) atoms. The first-order valence-electron chi connectivity index (χ1n) is 10.4. The molecule has 1 atom stereocenters. The molecule has 0 bridgehead atoms. The highest BCUT2D eigenvalue weighted by molar-refractivity contribution is 5.98. The Morgan fingerprint density at radius 2 is 1.90 bits per heavy atom. The average Bonchev–Trinajstić information content (AvgIpc) is 3.70. The predicted molar refractivity (Wildman–Crippen MR) is 118 cm³/mol. The van der Waals surface area contributed by atoms with Gasteiger partial charge in [-0.2, -0.15) is 4.98 Å². The number of nitrogens with one attached hydrogen (secondary N) is 2. The van der Waals surface area contributed by atoms with Crippen molar-refractivity contribution in [1.29, 1.82) is 0 Å². The van der Waals surface area contributed by atoms with E-state index in [4.69, 9.17) is 11.5 Å². The number of amides is 1. The van der Waals surface area contributed by atoms with E-state index in [1.807, 2.05) is 24.3 Å². The number of aromatic nitrogens is 4. The summed E-state index contributed by atoms with van der Waals surface area (Å²) in [5.74, 6) is 1.33. The van der Waals surface area contributed by atoms with Gasteiger partial charge in [0.25, 0.3) is 5.91 Å². The molecule has 2 aromatic heterocycles. The van der Waals surface area contributed by atoms with Gasteiger partial charge in [0, 0.05) is 41.4 Å². The quantitative estimate of drug-likeness (QED) is 0.438. The van der Waals surface area contributed by atoms with E-state index in [2.05, 4.69) is 30.6 Å². The fourth-order valence-electron chi connectivity index (χ4n) is 3.80. The molecule has 2 heterocycles. The maximum atomic E-state index is 12.0. The number of hydrogen-bond donors (Lipinski definition) is 4. The molecule has 2 aliphatic carbocycles. The molecule has 2 fully saturated rings. The summed E-state index contributed by atoms with van der Waals surface area (Å²) in [5, 5.41) is 6.61. The number of nitrogens with zero attached hydrogens (tertiary/aromatic N) is 4. The molecule has 0 unspecified atom stereocenters. The van der Waals surface area contributed by atoms with Gasteiger partial charge in [-0.25, -0.2) is 15.0 Å². The second kappa shape index (κ2) is 7.59. The minimum Gasteiger partial charge on any atom is -0.365 e. The summed E-state index contributed by atoms with van der Waals surface area (Å²) in [6, 6.07) is 9.46. The van der Waals surface area contributed by atoms with Gasteiger partial charge in [0.1, 0.15) is 11.4 Å². The second-order valence-electron chi connectivity index (χ2n) is 8.29. The molecule has 1 amide bonds. The van der Waals surface area contributed by atoms with Crippen molar-refractivity contribution < 1.29 is 4.79 Å². The van der Waals surface area contributed by atoms with Crippen molar-refractivity contribution in [2.45, 2.75) is 37.3 Å². The number of hydrogen-bond acceptors (Lipinski definition) is 8. The minimum atomic E-state index is -0.604. The lowest BCUT2D eigenvalue weighted by Gasteiger charge is -2.25. The van der Waals surface area contributed by atoms with E-state index in [1.165, 1.54) is 6.20 Å². The predicted octanol–water partition coefficient (Wildman–Crippen LogP) is 2.46. The average molecular weight is 416 g/mol. The highest BCUT2D eigenvalue weighted by Crippen LogP contribution is 2.47. The van der Waals surface area contributed by atoms with Gasteiger partial charge < -0.3 is 22.1 Å². The zero-order valence-corrected chi connectivity index (χ0v) is 17.0. The summed E-state index contributed by atoms with van der Waals surface area (Å²) in [6.07, 6.45) is 9.15. The summed E-state index contributed by atoms with van der Waals surface area (Å²) >= 11 is 0. The zero-order chi connectivity index (χ0) is 21.4. The number of primary amides is 1. The zero-order valence-electron chi connectivity index (χ0n) is 17.0. The van der Waals surface area contributed by atoms with Crippen molar-refractivity contribution in [2.75, 3.05) is 10.6 Å². The summed E-state index contributed by atoms with van der Waals surface area (Å²) in [6.45, 7) is 0. The minimum absolute atomic E-state index is 0.137. The molecule has 0 saturated heterocycles. The Labute approximate surface area is 179 Å². The molecule has 1 aromatic carbocycles. The molecule has 5 rings (SSSR count). The molecule has 0 spiro atoms. The maximum Gasteiger partial charge on any atom is 0.254 e. The van der Waals surface area contributed by atoms with E-state index in [-0.39, 0.29) is 17.1 Å². The molecule has 0 radical (unpaired) electrons. The van der Waals surface area contributed by atoms with Crippen molar-refractivity contribution >= 4 is 23.4 Å². The third kappa shape index (κ3) is 4.17. The third-order valence-corrected chi connectivity index (χ3v) is 5.83. The van der Waals surface area contributed by atoms with Gasteiger partial charge in [0.05, 0.1) is 0 Å². The van der Waals surface area contributed by atoms with Crippen LogP contribution < -0.4 is 22.1 Å². The van der Waals surface area contributed by atoms with Crippen LogP contribution in [0.5, 0.6) is 0 Å². The van der Waals surface area contributed by atoms with Crippen LogP contribution in [0.1, 0.15) is 36.0 Å². The molecule has 0 aliphatic heterocycles. The van der Waals surface area contributed by atoms with E-state index in [9.17, 15) is 4.79 Å². The summed E-state index contributed by atoms with van der Waals surface area (Å²) in [5.41, 5.74) is 13.6. The Bertz CT molecular complexity index is 1110. The summed E-state index contributed by atoms with van der Waals surface area (Å²) in [7, 11) is 0. The normalized spacial score (nSPS) is 17.6. The molecular weight excluding hydrogens is 392 g/mol. The van der Waals surface area contributed by atoms with E-state index >= 15 is 0 Å². The monoisotopic (exact) mass is 416 g/mol. The number of anilines is 3. The van der Waals surface area contributed by atoms with Crippen molar-refractivity contribution in [2.24, 2.45) is 17.4 Å². The SMILES string of the molecule is NC(=O)c1cnc(N[C@@H](C2CC2)C2(N)CC2)nc1Nc1cccc(-c2ncccn2)c1. The van der Waals surface area contributed by atoms with E-state index in [0.29, 0.717) is 23.5 Å². The smallest absolute Gasteiger partial charge is 0.254 e. The fourth-order valence-corrected chi connectivity index (χ4v) is 3.80. The van der Waals surface area contributed by atoms with Crippen LogP contribution in [0, 0.1) is 5.92 Å². The lowest BCUT2D eigenvalue weighted by atomic mass is 10.0. The molecule has 3 aromatic rings. The van der Waals surface area contributed by atoms with E-state index in [1.54, 1.807) is 18.5 Å². The van der Waals surface area contributed by atoms with Crippen LogP contribution >= 0.6 is 0 Å². The van der Waals surface area contributed by atoms with Crippen LogP contribution in [-0.4, -0.2) is 37.4 Å². The van der Waals surface area contributed by atoms with Crippen molar-refractivity contribution in [3.8, 4) is 11.4 Å². The summed E-state index contributed by atoms with van der Waals surface area (Å²) < 4.78 is 0. The lowest BCUT2D eigenvalue weighted by Crippen LogP contribution is -2.44. The number of nitrogens with two attached hydrogens (primary N) is 2. The van der Waals surface area contributed by atoms with Crippen molar-refractivity contribution in [1.82, 2.24) is 19.9 Å². The van der Waals surface area contributed by atoms with Gasteiger partial charge in [0.15, 0.2) is 5.82 Å². The van der Waals surface area contributed by atoms with Crippen LogP contribution in [0.2, 0.25) is 0 Å². The number of carbonyl (C=O) groups excluding carboxylic acids is 1. The largest absolute Gasteiger partial charge is 0.365 e. The third-order valence-electron chi connectivity index (χ3n) is 5.83. The Morgan fingerprint density at radius 3 is 2.58 bits per heavy atom. The Hall–Kier alpha value is -3.59. The Kier molecular flexibility index (Phi) is 4.74. The number of rotatable bonds is 8. The first-order chi connectivity index (χ1) is 15.0. The van der Waals surface area contributed by atoms with Gasteiger partial charge in [-0.15, -0.1) is 0 Å². The van der Waals surface area contributed by atoms with Crippen LogP contribution in [-0.2, 0) is 0 Å². The second-order valence-corrected chi connectivity index (χ2v) is 8.29. The standard InChI is InChI=1S/C22H24N8O/c23-18(31)16-12-27-21(29-17(13-5-6-13)22(24)7-8-22)30-20(16)28-15-4-1-3-14(11-15)19-25-9-2-10-26-19/h1-4,9-13,17H,5-8,24H2,(H2,23,31)(H2,27,28,29,30)/t17-/m0/s1. The molecule has 2 aliphatic rings. The Morgan fingerprint density at radius 1 is 1.13 bits per heavy atom. The Balaban J connectivity index is 1.43. The number of carbonyl (C=O) groups is 1. The maximum absolute atomic E-state index is 12.0. The first kappa shape index (κ1) is 19.4. The van der Waals surface area contributed by atoms with Gasteiger partial charge in [-0.1, -0.05) is 12.1 Å². The molecule has 2 saturated carbocycles. The van der Waals surface area contributed by atoms with Crippen LogP contribution in [0.15, 0.2) is 48.9 Å². The first-order valence-corrected chi connectivity index (χ1v) is 10.4. The molecule has 6 N–H and O–H groups in total. The fraction of sp³-hybridized carbons (Fsp3) is 0.318. The number of benzene rings is 1. The van der Waals surface area contributed by atoms with Gasteiger partial charge in [-0.3, -0.25) is 4.79 Å². The van der Waals surface area contributed by atoms with Crippen LogP contribution in [0.4, 0.5) is 17.5 Å². The topological polar surface area (TPSA) is 145 Å². The molecule has 158 valence electrons. The van der Waals surface area contributed by atoms with Gasteiger partial charge >= 0.3 is 0 Å². The highest BCUT2D eigenvalue weighted by atomic mass is 16.1. The van der Waals surface area contributed by atoms with Crippen LogP contribution in [0.25, 0.3) is 11.4 Å². The van der Waals surface area contributed by atoms with Crippen molar-refractivity contribution in [3.63, 3.8) is 0 Å². The molecular formula is C22H24N8O. The lowest BCUT2D eigenvalue weighted by molar-refractivity contribution is 0.100. The van der Waals surface area contributed by atoms with Gasteiger partial charge in [0.2, 0.25) is 5.95 Å². The van der Waals surface area contributed by atoms with Crippen LogP contribution in [0.3, 0.4) is 0 Å². The van der Waals surface area contributed by atoms with E-state index in [0.717, 1.165) is 36.9 Å². The molecule has 9 nitrogen and oxygen atoms in total. The van der Waals surface area contributed by atoms with E-state index < -0.39 is 5.91 Å². The van der Waals surface area contributed by atoms with Crippen molar-refractivity contribution in [3.05, 3.63) is 54.5 Å². The summed E-state index contributed by atoms with van der Waals surface area (Å²) in [4.78, 5) is 29.4. The molecule has 9 heteroatoms.